The molecule has 0 saturated carbocycles. The molecule has 0 fully saturated rings. The Bertz CT molecular complexity index is 1710. The fraction of sp³-hybridized carbons (Fsp3) is 0.385. The second-order valence-electron chi connectivity index (χ2n) is 12.6. The number of aliphatic hydroxyl groups excluding tert-OH is 1. The van der Waals surface area contributed by atoms with Crippen LogP contribution in [0.2, 0.25) is 0 Å². The van der Waals surface area contributed by atoms with Gasteiger partial charge < -0.3 is 20.2 Å². The molecule has 1 aliphatic heterocycles. The van der Waals surface area contributed by atoms with Gasteiger partial charge in [0.1, 0.15) is 0 Å². The number of amides is 3. The first-order valence-electron chi connectivity index (χ1n) is 17.2. The summed E-state index contributed by atoms with van der Waals surface area (Å²) in [6.45, 7) is 7.59. The molecule has 2 heterocycles. The Labute approximate surface area is 283 Å². The minimum Gasteiger partial charge on any atom is -0.394 e. The molecule has 1 unspecified atom stereocenters. The van der Waals surface area contributed by atoms with Gasteiger partial charge in [0, 0.05) is 37.4 Å². The van der Waals surface area contributed by atoms with E-state index < -0.39 is 6.04 Å². The fourth-order valence-electron chi connectivity index (χ4n) is 6.24. The van der Waals surface area contributed by atoms with E-state index in [-0.39, 0.29) is 24.3 Å². The molecule has 9 nitrogen and oxygen atoms in total. The average molecular weight is 650 g/mol. The van der Waals surface area contributed by atoms with Crippen molar-refractivity contribution in [3.63, 3.8) is 0 Å². The quantitative estimate of drug-likeness (QED) is 0.166. The highest BCUT2D eigenvalue weighted by molar-refractivity contribution is 6.01. The van der Waals surface area contributed by atoms with Crippen molar-refractivity contribution in [1.82, 2.24) is 19.6 Å². The highest BCUT2D eigenvalue weighted by atomic mass is 16.3. The van der Waals surface area contributed by atoms with Gasteiger partial charge in [0.05, 0.1) is 23.9 Å². The number of aryl methyl sites for hydroxylation is 2. The van der Waals surface area contributed by atoms with E-state index in [1.165, 1.54) is 0 Å². The summed E-state index contributed by atoms with van der Waals surface area (Å²) in [5.74, 6) is -0.566. The van der Waals surface area contributed by atoms with Crippen molar-refractivity contribution >= 4 is 23.4 Å². The van der Waals surface area contributed by atoms with Crippen LogP contribution in [0.1, 0.15) is 89.2 Å². The Hall–Kier alpha value is -4.76. The molecule has 5 rings (SSSR count). The Morgan fingerprint density at radius 3 is 2.29 bits per heavy atom. The summed E-state index contributed by atoms with van der Waals surface area (Å²) in [7, 11) is 0. The van der Waals surface area contributed by atoms with Gasteiger partial charge in [0.25, 0.3) is 11.8 Å². The summed E-state index contributed by atoms with van der Waals surface area (Å²) >= 11 is 0. The number of nitrogens with zero attached hydrogens (tertiary/aromatic N) is 4. The number of benzene rings is 3. The number of fused-ring (bicyclic) bond motifs is 1. The van der Waals surface area contributed by atoms with Crippen LogP contribution in [0.25, 0.3) is 5.69 Å². The molecule has 1 aromatic heterocycles. The molecule has 252 valence electrons. The van der Waals surface area contributed by atoms with Crippen molar-refractivity contribution in [2.24, 2.45) is 0 Å². The van der Waals surface area contributed by atoms with E-state index in [1.807, 2.05) is 66.4 Å². The first-order valence-corrected chi connectivity index (χ1v) is 17.2. The topological polar surface area (TPSA) is 108 Å². The molecule has 3 amide bonds. The van der Waals surface area contributed by atoms with Gasteiger partial charge in [-0.15, -0.1) is 0 Å². The molecule has 9 heteroatoms. The molecule has 0 radical (unpaired) electrons. The molecule has 4 aromatic rings. The van der Waals surface area contributed by atoms with Crippen LogP contribution in [0.3, 0.4) is 0 Å². The van der Waals surface area contributed by atoms with Gasteiger partial charge in [-0.2, -0.15) is 5.10 Å². The van der Waals surface area contributed by atoms with Crippen LogP contribution < -0.4 is 5.32 Å². The minimum atomic E-state index is -0.411. The number of carbonyl (C=O) groups is 3. The third kappa shape index (κ3) is 8.20. The monoisotopic (exact) mass is 649 g/mol. The van der Waals surface area contributed by atoms with E-state index >= 15 is 0 Å². The third-order valence-electron chi connectivity index (χ3n) is 9.01. The zero-order valence-corrected chi connectivity index (χ0v) is 28.3. The number of hydrogen-bond acceptors (Lipinski definition) is 5. The molecular weight excluding hydrogens is 602 g/mol. The number of aromatic nitrogens is 2. The molecule has 0 saturated heterocycles. The Balaban J connectivity index is 1.48. The summed E-state index contributed by atoms with van der Waals surface area (Å²) in [4.78, 5) is 44.7. The highest BCUT2D eigenvalue weighted by Crippen LogP contribution is 2.29. The maximum Gasteiger partial charge on any atom is 0.274 e. The van der Waals surface area contributed by atoms with E-state index in [0.29, 0.717) is 67.2 Å². The number of rotatable bonds is 14. The summed E-state index contributed by atoms with van der Waals surface area (Å²) in [6, 6.07) is 24.4. The van der Waals surface area contributed by atoms with Crippen LogP contribution in [0, 0.1) is 6.92 Å². The van der Waals surface area contributed by atoms with Crippen molar-refractivity contribution in [2.45, 2.75) is 78.3 Å². The van der Waals surface area contributed by atoms with E-state index in [0.717, 1.165) is 42.4 Å². The number of hydrogen-bond donors (Lipinski definition) is 2. The Morgan fingerprint density at radius 2 is 1.60 bits per heavy atom. The predicted molar refractivity (Wildman–Crippen MR) is 188 cm³/mol. The second kappa shape index (κ2) is 16.4. The average Bonchev–Trinajstić information content (AvgIpc) is 3.51. The SMILES string of the molecule is CCCCN(CCCC)C(=O)c1cc(C)n(-c2ccc(NC(=O)CCc3ccccc3)cc2C(=O)N2Cc3ccccc3CC2CO)n1. The number of nitrogens with one attached hydrogen (secondary N) is 1. The number of anilines is 1. The first-order chi connectivity index (χ1) is 23.3. The van der Waals surface area contributed by atoms with E-state index in [2.05, 4.69) is 19.2 Å². The van der Waals surface area contributed by atoms with Crippen LogP contribution in [-0.4, -0.2) is 68.1 Å². The van der Waals surface area contributed by atoms with Gasteiger partial charge in [0.2, 0.25) is 5.91 Å². The molecule has 0 aliphatic carbocycles. The van der Waals surface area contributed by atoms with Crippen molar-refractivity contribution < 1.29 is 19.5 Å². The van der Waals surface area contributed by atoms with Crippen LogP contribution in [0.5, 0.6) is 0 Å². The normalized spacial score (nSPS) is 14.0. The van der Waals surface area contributed by atoms with Crippen LogP contribution in [0.4, 0.5) is 5.69 Å². The van der Waals surface area contributed by atoms with Gasteiger partial charge in [-0.05, 0) is 73.6 Å². The molecule has 0 spiro atoms. The van der Waals surface area contributed by atoms with Crippen LogP contribution in [0.15, 0.2) is 78.9 Å². The number of carbonyl (C=O) groups excluding carboxylic acids is 3. The lowest BCUT2D eigenvalue weighted by atomic mass is 9.93. The molecule has 2 N–H and O–H groups in total. The Kier molecular flexibility index (Phi) is 11.8. The summed E-state index contributed by atoms with van der Waals surface area (Å²) < 4.78 is 1.64. The lowest BCUT2D eigenvalue weighted by Crippen LogP contribution is -2.46. The third-order valence-corrected chi connectivity index (χ3v) is 9.01. The molecule has 1 atom stereocenters. The largest absolute Gasteiger partial charge is 0.394 e. The summed E-state index contributed by atoms with van der Waals surface area (Å²) in [5, 5.41) is 18.1. The molecule has 48 heavy (non-hydrogen) atoms. The standard InChI is InChI=1S/C39H47N5O4/c1-4-6-21-42(22-7-5-2)39(48)35-23-28(3)44(41-35)36-19-18-32(40-37(46)20-17-29-13-9-8-10-14-29)25-34(36)38(47)43-26-31-16-12-11-15-30(31)24-33(43)27-45/h8-16,18-19,23,25,33,45H,4-7,17,20-22,24,26-27H2,1-3H3,(H,40,46). The molecule has 1 aliphatic rings. The lowest BCUT2D eigenvalue weighted by Gasteiger charge is -2.36. The summed E-state index contributed by atoms with van der Waals surface area (Å²) in [6.07, 6.45) is 5.22. The van der Waals surface area contributed by atoms with E-state index in [9.17, 15) is 19.5 Å². The maximum atomic E-state index is 14.5. The van der Waals surface area contributed by atoms with Crippen LogP contribution >= 0.6 is 0 Å². The molecule has 3 aromatic carbocycles. The zero-order chi connectivity index (χ0) is 34.0. The van der Waals surface area contributed by atoms with Crippen molar-refractivity contribution in [3.05, 3.63) is 113 Å². The van der Waals surface area contributed by atoms with Crippen molar-refractivity contribution in [1.29, 1.82) is 0 Å². The molecular formula is C39H47N5O4. The van der Waals surface area contributed by atoms with Crippen molar-refractivity contribution in [3.8, 4) is 5.69 Å². The van der Waals surface area contributed by atoms with Gasteiger partial charge in [-0.1, -0.05) is 81.3 Å². The number of aliphatic hydroxyl groups is 1. The maximum absolute atomic E-state index is 14.5. The van der Waals surface area contributed by atoms with Gasteiger partial charge >= 0.3 is 0 Å². The zero-order valence-electron chi connectivity index (χ0n) is 28.3. The van der Waals surface area contributed by atoms with Gasteiger partial charge in [-0.3, -0.25) is 14.4 Å². The highest BCUT2D eigenvalue weighted by Gasteiger charge is 2.32. The van der Waals surface area contributed by atoms with Crippen molar-refractivity contribution in [2.75, 3.05) is 25.0 Å². The number of unbranched alkanes of at least 4 members (excludes halogenated alkanes) is 2. The van der Waals surface area contributed by atoms with E-state index in [4.69, 9.17) is 5.10 Å². The smallest absolute Gasteiger partial charge is 0.274 e. The fourth-order valence-corrected chi connectivity index (χ4v) is 6.24. The van der Waals surface area contributed by atoms with Gasteiger partial charge in [-0.25, -0.2) is 4.68 Å². The predicted octanol–water partition coefficient (Wildman–Crippen LogP) is 6.35. The lowest BCUT2D eigenvalue weighted by molar-refractivity contribution is -0.116. The first kappa shape index (κ1) is 34.6. The summed E-state index contributed by atoms with van der Waals surface area (Å²) in [5.41, 5.74) is 5.58. The molecule has 0 bridgehead atoms. The minimum absolute atomic E-state index is 0.123. The van der Waals surface area contributed by atoms with Crippen LogP contribution in [-0.2, 0) is 24.2 Å². The van der Waals surface area contributed by atoms with Gasteiger partial charge in [0.15, 0.2) is 5.69 Å². The Morgan fingerprint density at radius 1 is 0.917 bits per heavy atom. The second-order valence-corrected chi connectivity index (χ2v) is 12.6. The van der Waals surface area contributed by atoms with E-state index in [1.54, 1.807) is 33.8 Å².